The van der Waals surface area contributed by atoms with Crippen molar-refractivity contribution >= 4 is 18.0 Å². The number of rotatable bonds is 10. The number of carbonyl (C=O) groups is 3. The van der Waals surface area contributed by atoms with Crippen molar-refractivity contribution < 1.29 is 23.9 Å². The van der Waals surface area contributed by atoms with Gasteiger partial charge >= 0.3 is 18.0 Å². The Balaban J connectivity index is 1.69. The summed E-state index contributed by atoms with van der Waals surface area (Å²) >= 11 is 0. The van der Waals surface area contributed by atoms with E-state index in [1.54, 1.807) is 22.8 Å². The monoisotopic (exact) mass is 561 g/mol. The van der Waals surface area contributed by atoms with Crippen LogP contribution in [-0.2, 0) is 9.53 Å². The second-order valence-electron chi connectivity index (χ2n) is 9.80. The van der Waals surface area contributed by atoms with Gasteiger partial charge in [-0.2, -0.15) is 0 Å². The highest BCUT2D eigenvalue weighted by atomic mass is 16.5. The number of nitrogens with zero attached hydrogens (tertiary/aromatic N) is 3. The third kappa shape index (κ3) is 7.46. The molecule has 4 amide bonds. The van der Waals surface area contributed by atoms with Crippen LogP contribution in [0.4, 0.5) is 9.59 Å². The number of amides is 4. The Bertz CT molecular complexity index is 1260. The number of urea groups is 2. The maximum Gasteiger partial charge on any atom is 0.338 e. The quantitative estimate of drug-likeness (QED) is 0.332. The first-order valence-electron chi connectivity index (χ1n) is 14.1. The minimum absolute atomic E-state index is 0.0798. The first-order chi connectivity index (χ1) is 19.9. The van der Waals surface area contributed by atoms with Crippen LogP contribution in [0, 0.1) is 0 Å². The van der Waals surface area contributed by atoms with E-state index in [0.29, 0.717) is 67.6 Å². The molecular weight excluding hydrogens is 522 g/mol. The molecule has 10 heteroatoms. The van der Waals surface area contributed by atoms with Crippen molar-refractivity contribution in [3.63, 3.8) is 0 Å². The number of carbonyl (C=O) groups excluding carboxylic acids is 3. The first-order valence-corrected chi connectivity index (χ1v) is 14.1. The Labute approximate surface area is 241 Å². The Morgan fingerprint density at radius 3 is 2.56 bits per heavy atom. The molecule has 4 rings (SSSR count). The lowest BCUT2D eigenvalue weighted by atomic mass is 9.94. The van der Waals surface area contributed by atoms with E-state index < -0.39 is 12.0 Å². The predicted octanol–water partition coefficient (Wildman–Crippen LogP) is 4.29. The van der Waals surface area contributed by atoms with Gasteiger partial charge in [0.2, 0.25) is 0 Å². The van der Waals surface area contributed by atoms with E-state index in [0.717, 1.165) is 6.42 Å². The van der Waals surface area contributed by atoms with Gasteiger partial charge in [0, 0.05) is 51.5 Å². The van der Waals surface area contributed by atoms with Gasteiger partial charge in [-0.15, -0.1) is 6.58 Å². The third-order valence-corrected chi connectivity index (χ3v) is 6.99. The lowest BCUT2D eigenvalue weighted by Crippen LogP contribution is -2.51. The fraction of sp³-hybridized carbons (Fsp3) is 0.387. The third-order valence-electron chi connectivity index (χ3n) is 6.99. The Morgan fingerprint density at radius 2 is 1.83 bits per heavy atom. The Hall–Kier alpha value is -4.31. The van der Waals surface area contributed by atoms with E-state index in [1.165, 1.54) is 0 Å². The lowest BCUT2D eigenvalue weighted by molar-refractivity contribution is -0.139. The summed E-state index contributed by atoms with van der Waals surface area (Å²) < 4.78 is 11.6. The minimum atomic E-state index is -0.740. The van der Waals surface area contributed by atoms with Crippen LogP contribution in [0.2, 0.25) is 0 Å². The van der Waals surface area contributed by atoms with Gasteiger partial charge in [0.05, 0.1) is 18.2 Å². The standard InChI is InChI=1S/C31H39N5O5/c1-4-16-36-26(22-34-17-11-18-35(20-19-34)30(38)32-5-2)27(29(37)40-6-3)28(33-31(36)39)23-12-10-15-25(21-23)41-24-13-8-7-9-14-24/h4,7-10,12-15,21,28H,1,5-6,11,16-20,22H2,2-3H3,(H,32,38)(H,33,39)/t28-/m1/s1. The van der Waals surface area contributed by atoms with Crippen LogP contribution < -0.4 is 15.4 Å². The molecule has 2 heterocycles. The number of benzene rings is 2. The van der Waals surface area contributed by atoms with Gasteiger partial charge in [-0.3, -0.25) is 9.80 Å². The molecule has 0 radical (unpaired) electrons. The van der Waals surface area contributed by atoms with Crippen molar-refractivity contribution in [1.82, 2.24) is 25.3 Å². The van der Waals surface area contributed by atoms with Gasteiger partial charge in [0.15, 0.2) is 0 Å². The van der Waals surface area contributed by atoms with E-state index in [1.807, 2.05) is 61.5 Å². The number of nitrogens with one attached hydrogen (secondary N) is 2. The summed E-state index contributed by atoms with van der Waals surface area (Å²) in [5.74, 6) is 0.771. The Morgan fingerprint density at radius 1 is 1.05 bits per heavy atom. The van der Waals surface area contributed by atoms with E-state index in [4.69, 9.17) is 9.47 Å². The fourth-order valence-electron chi connectivity index (χ4n) is 5.08. The zero-order valence-electron chi connectivity index (χ0n) is 23.8. The van der Waals surface area contributed by atoms with Crippen LogP contribution in [-0.4, -0.2) is 85.2 Å². The van der Waals surface area contributed by atoms with Gasteiger partial charge < -0.3 is 25.0 Å². The molecule has 2 aliphatic rings. The van der Waals surface area contributed by atoms with E-state index >= 15 is 0 Å². The highest BCUT2D eigenvalue weighted by molar-refractivity contribution is 5.95. The van der Waals surface area contributed by atoms with Gasteiger partial charge in [0.1, 0.15) is 11.5 Å². The van der Waals surface area contributed by atoms with Crippen molar-refractivity contribution in [1.29, 1.82) is 0 Å². The molecule has 2 N–H and O–H groups in total. The fourth-order valence-corrected chi connectivity index (χ4v) is 5.08. The normalized spacial score (nSPS) is 17.9. The lowest BCUT2D eigenvalue weighted by Gasteiger charge is -2.38. The molecule has 0 bridgehead atoms. The molecule has 218 valence electrons. The van der Waals surface area contributed by atoms with Crippen LogP contribution in [0.1, 0.15) is 31.9 Å². The molecular formula is C31H39N5O5. The first kappa shape index (κ1) is 29.7. The maximum atomic E-state index is 13.6. The van der Waals surface area contributed by atoms with Crippen LogP contribution >= 0.6 is 0 Å². The van der Waals surface area contributed by atoms with Crippen LogP contribution in [0.3, 0.4) is 0 Å². The van der Waals surface area contributed by atoms with Gasteiger partial charge in [-0.1, -0.05) is 36.4 Å². The van der Waals surface area contributed by atoms with Crippen LogP contribution in [0.25, 0.3) is 0 Å². The second kappa shape index (κ2) is 14.4. The molecule has 0 aliphatic carbocycles. The summed E-state index contributed by atoms with van der Waals surface area (Å²) in [6.07, 6.45) is 2.41. The molecule has 1 saturated heterocycles. The van der Waals surface area contributed by atoms with Crippen molar-refractivity contribution in [2.24, 2.45) is 0 Å². The minimum Gasteiger partial charge on any atom is -0.463 e. The number of hydrogen-bond acceptors (Lipinski definition) is 6. The molecule has 1 atom stereocenters. The average Bonchev–Trinajstić information content (AvgIpc) is 3.21. The van der Waals surface area contributed by atoms with Crippen molar-refractivity contribution in [3.8, 4) is 11.5 Å². The smallest absolute Gasteiger partial charge is 0.338 e. The zero-order valence-corrected chi connectivity index (χ0v) is 23.8. The molecule has 0 aromatic heterocycles. The van der Waals surface area contributed by atoms with Crippen LogP contribution in [0.5, 0.6) is 11.5 Å². The molecule has 41 heavy (non-hydrogen) atoms. The summed E-state index contributed by atoms with van der Waals surface area (Å²) in [6, 6.07) is 15.6. The van der Waals surface area contributed by atoms with Crippen LogP contribution in [0.15, 0.2) is 78.5 Å². The molecule has 2 aliphatic heterocycles. The molecule has 0 spiro atoms. The van der Waals surface area contributed by atoms with Gasteiger partial charge in [0.25, 0.3) is 0 Å². The van der Waals surface area contributed by atoms with E-state index in [2.05, 4.69) is 22.1 Å². The molecule has 2 aromatic rings. The highest BCUT2D eigenvalue weighted by Crippen LogP contribution is 2.34. The predicted molar refractivity (Wildman–Crippen MR) is 156 cm³/mol. The summed E-state index contributed by atoms with van der Waals surface area (Å²) in [4.78, 5) is 45.0. The molecule has 0 unspecified atom stereocenters. The molecule has 10 nitrogen and oxygen atoms in total. The molecule has 2 aromatic carbocycles. The van der Waals surface area contributed by atoms with Crippen molar-refractivity contribution in [2.45, 2.75) is 26.3 Å². The van der Waals surface area contributed by atoms with Gasteiger partial charge in [-0.25, -0.2) is 14.4 Å². The second-order valence-corrected chi connectivity index (χ2v) is 9.80. The summed E-state index contributed by atoms with van der Waals surface area (Å²) in [6.45, 7) is 11.3. The van der Waals surface area contributed by atoms with Crippen molar-refractivity contribution in [3.05, 3.63) is 84.1 Å². The molecule has 0 saturated carbocycles. The highest BCUT2D eigenvalue weighted by Gasteiger charge is 2.38. The molecule has 1 fully saturated rings. The maximum absolute atomic E-state index is 13.6. The van der Waals surface area contributed by atoms with Crippen molar-refractivity contribution in [2.75, 3.05) is 52.4 Å². The average molecular weight is 562 g/mol. The number of para-hydroxylation sites is 1. The number of esters is 1. The van der Waals surface area contributed by atoms with E-state index in [9.17, 15) is 14.4 Å². The Kier molecular flexibility index (Phi) is 10.4. The zero-order chi connectivity index (χ0) is 29.2. The summed E-state index contributed by atoms with van der Waals surface area (Å²) in [5.41, 5.74) is 1.64. The topological polar surface area (TPSA) is 103 Å². The summed E-state index contributed by atoms with van der Waals surface area (Å²) in [7, 11) is 0. The van der Waals surface area contributed by atoms with Gasteiger partial charge in [-0.05, 0) is 50.1 Å². The number of ether oxygens (including phenoxy) is 2. The van der Waals surface area contributed by atoms with E-state index in [-0.39, 0.29) is 25.2 Å². The summed E-state index contributed by atoms with van der Waals surface area (Å²) in [5, 5.41) is 5.87. The largest absolute Gasteiger partial charge is 0.463 e. The SMILES string of the molecule is C=CCN1C(=O)N[C@H](c2cccc(Oc3ccccc3)c2)C(C(=O)OCC)=C1CN1CCCN(C(=O)NCC)CC1. The number of hydrogen-bond donors (Lipinski definition) is 2.